The Morgan fingerprint density at radius 1 is 1.24 bits per heavy atom. The number of hydrogen-bond donors (Lipinski definition) is 1. The van der Waals surface area contributed by atoms with Gasteiger partial charge in [0.2, 0.25) is 0 Å². The van der Waals surface area contributed by atoms with Crippen LogP contribution in [-0.2, 0) is 16.1 Å². The molecule has 2 aromatic rings. The lowest BCUT2D eigenvalue weighted by molar-refractivity contribution is -0.752. The summed E-state index contributed by atoms with van der Waals surface area (Å²) in [5, 5.41) is 21.4. The van der Waals surface area contributed by atoms with Crippen molar-refractivity contribution in [2.75, 3.05) is 0 Å². The van der Waals surface area contributed by atoms with Crippen LogP contribution in [0.25, 0.3) is 11.1 Å². The number of nitrogens with zero attached hydrogens (tertiary/aromatic N) is 3. The normalized spacial score (nSPS) is 10.6. The molecular weight excluding hydrogens is 350 g/mol. The maximum atomic E-state index is 13.5. The number of carbonyl (C=O) groups excluding carboxylic acids is 1. The third-order valence-electron chi connectivity index (χ3n) is 2.64. The van der Waals surface area contributed by atoms with Gasteiger partial charge < -0.3 is 15.0 Å². The molecule has 0 fully saturated rings. The molecule has 0 atom stereocenters. The molecule has 2 heterocycles. The summed E-state index contributed by atoms with van der Waals surface area (Å²) in [5.74, 6) is -4.30. The van der Waals surface area contributed by atoms with E-state index in [1.54, 1.807) is 18.3 Å². The first-order valence-corrected chi connectivity index (χ1v) is 6.57. The lowest BCUT2D eigenvalue weighted by Crippen LogP contribution is -2.38. The molecule has 2 aromatic heterocycles. The quantitative estimate of drug-likeness (QED) is 0.622. The molecule has 0 aromatic carbocycles. The lowest BCUT2D eigenvalue weighted by Gasteiger charge is -2.03. The summed E-state index contributed by atoms with van der Waals surface area (Å²) in [6.45, 7) is 0.286. The van der Waals surface area contributed by atoms with Crippen LogP contribution in [-0.4, -0.2) is 33.3 Å². The minimum Gasteiger partial charge on any atom is -0.542 e. The molecule has 0 aliphatic rings. The van der Waals surface area contributed by atoms with E-state index in [2.05, 4.69) is 10.1 Å². The zero-order valence-corrected chi connectivity index (χ0v) is 12.4. The highest BCUT2D eigenvalue weighted by Crippen LogP contribution is 2.19. The molecular formula is C14H11F4N3O4. The fraction of sp³-hybridized carbons (Fsp3) is 0.214. The van der Waals surface area contributed by atoms with Crippen LogP contribution in [0.15, 0.2) is 36.9 Å². The summed E-state index contributed by atoms with van der Waals surface area (Å²) in [7, 11) is 0. The molecule has 0 saturated heterocycles. The van der Waals surface area contributed by atoms with Gasteiger partial charge in [-0.2, -0.15) is 13.2 Å². The number of pyridine rings is 1. The number of halogens is 4. The second-order valence-corrected chi connectivity index (χ2v) is 4.46. The van der Waals surface area contributed by atoms with Crippen molar-refractivity contribution in [2.45, 2.75) is 19.1 Å². The standard InChI is InChI=1S/C12H10FN3O2.C2HF3O2/c13-11-8-14-4-1-10(11)9-2-5-16(15-7-9)6-3-12(17)18;3-2(4,5)1(6)7/h1-2,4-5,7-8H,3,6H2;(H,6,7). The Morgan fingerprint density at radius 3 is 2.32 bits per heavy atom. The summed E-state index contributed by atoms with van der Waals surface area (Å²) in [6, 6.07) is 3.25. The Hall–Kier alpha value is -3.11. The summed E-state index contributed by atoms with van der Waals surface area (Å²) in [4.78, 5) is 22.9. The molecule has 2 rings (SSSR count). The number of aromatic nitrogens is 3. The van der Waals surface area contributed by atoms with Crippen molar-refractivity contribution >= 4 is 11.9 Å². The Bertz CT molecular complexity index is 736. The highest BCUT2D eigenvalue weighted by atomic mass is 19.4. The van der Waals surface area contributed by atoms with E-state index < -0.39 is 23.9 Å². The summed E-state index contributed by atoms with van der Waals surface area (Å²) in [6.07, 6.45) is 0.573. The van der Waals surface area contributed by atoms with Crippen LogP contribution in [0.2, 0.25) is 0 Å². The number of carboxylic acids is 2. The van der Waals surface area contributed by atoms with Crippen LogP contribution in [0.4, 0.5) is 17.6 Å². The van der Waals surface area contributed by atoms with E-state index in [-0.39, 0.29) is 13.0 Å². The van der Waals surface area contributed by atoms with Gasteiger partial charge >= 0.3 is 12.1 Å². The van der Waals surface area contributed by atoms with Crippen molar-refractivity contribution in [1.29, 1.82) is 0 Å². The average Bonchev–Trinajstić information content (AvgIpc) is 2.53. The Morgan fingerprint density at radius 2 is 1.88 bits per heavy atom. The van der Waals surface area contributed by atoms with Crippen molar-refractivity contribution in [3.8, 4) is 11.1 Å². The van der Waals surface area contributed by atoms with Crippen LogP contribution in [0.3, 0.4) is 0 Å². The molecule has 0 amide bonds. The second-order valence-electron chi connectivity index (χ2n) is 4.46. The predicted octanol–water partition coefficient (Wildman–Crippen LogP) is 0.343. The minimum absolute atomic E-state index is 0.000626. The monoisotopic (exact) mass is 361 g/mol. The number of rotatable bonds is 4. The van der Waals surface area contributed by atoms with Crippen molar-refractivity contribution in [3.63, 3.8) is 0 Å². The summed E-state index contributed by atoms with van der Waals surface area (Å²) >= 11 is 0. The van der Waals surface area contributed by atoms with Gasteiger partial charge in [0.25, 0.3) is 0 Å². The van der Waals surface area contributed by atoms with Crippen molar-refractivity contribution < 1.29 is 42.0 Å². The minimum atomic E-state index is -5.19. The molecule has 0 aliphatic heterocycles. The van der Waals surface area contributed by atoms with Crippen molar-refractivity contribution in [3.05, 3.63) is 42.7 Å². The van der Waals surface area contributed by atoms with Crippen molar-refractivity contribution in [2.24, 2.45) is 0 Å². The van der Waals surface area contributed by atoms with Crippen molar-refractivity contribution in [1.82, 2.24) is 10.1 Å². The Balaban J connectivity index is 0.000000381. The number of alkyl halides is 3. The van der Waals surface area contributed by atoms with Crippen LogP contribution in [0, 0.1) is 5.82 Å². The van der Waals surface area contributed by atoms with E-state index in [4.69, 9.17) is 15.0 Å². The van der Waals surface area contributed by atoms with Gasteiger partial charge in [-0.15, -0.1) is 0 Å². The number of carbonyl (C=O) groups is 2. The Kier molecular flexibility index (Phi) is 6.91. The largest absolute Gasteiger partial charge is 0.542 e. The summed E-state index contributed by atoms with van der Waals surface area (Å²) in [5.41, 5.74) is 1.05. The first-order chi connectivity index (χ1) is 11.6. The molecule has 0 bridgehead atoms. The molecule has 0 saturated carbocycles. The molecule has 1 N–H and O–H groups in total. The predicted molar refractivity (Wildman–Crippen MR) is 70.9 cm³/mol. The summed E-state index contributed by atoms with van der Waals surface area (Å²) < 4.78 is 46.5. The molecule has 0 spiro atoms. The van der Waals surface area contributed by atoms with Crippen LogP contribution >= 0.6 is 0 Å². The number of aryl methyl sites for hydroxylation is 1. The first kappa shape index (κ1) is 19.9. The van der Waals surface area contributed by atoms with E-state index in [1.807, 2.05) is 0 Å². The highest BCUT2D eigenvalue weighted by Gasteiger charge is 2.28. The smallest absolute Gasteiger partial charge is 0.430 e. The third kappa shape index (κ3) is 6.89. The van der Waals surface area contributed by atoms with Gasteiger partial charge in [-0.3, -0.25) is 9.78 Å². The van der Waals surface area contributed by atoms with E-state index in [0.717, 1.165) is 6.20 Å². The molecule has 0 unspecified atom stereocenters. The number of hydrogen-bond acceptors (Lipinski definition) is 5. The van der Waals surface area contributed by atoms with Gasteiger partial charge in [-0.1, -0.05) is 4.68 Å². The van der Waals surface area contributed by atoms with Gasteiger partial charge in [0.15, 0.2) is 12.7 Å². The topological polar surface area (TPSA) is 107 Å². The zero-order chi connectivity index (χ0) is 19.0. The average molecular weight is 361 g/mol. The molecule has 134 valence electrons. The number of carboxylic acid groups (broad SMARTS) is 2. The Labute approximate surface area is 138 Å². The number of aliphatic carboxylic acids is 2. The van der Waals surface area contributed by atoms with Gasteiger partial charge in [0, 0.05) is 23.4 Å². The third-order valence-corrected chi connectivity index (χ3v) is 2.64. The fourth-order valence-electron chi connectivity index (χ4n) is 1.50. The van der Waals surface area contributed by atoms with E-state index in [0.29, 0.717) is 11.1 Å². The van der Waals surface area contributed by atoms with Gasteiger partial charge in [-0.25, -0.2) is 4.39 Å². The van der Waals surface area contributed by atoms with E-state index in [1.165, 1.54) is 17.1 Å². The maximum absolute atomic E-state index is 13.5. The van der Waals surface area contributed by atoms with Gasteiger partial charge in [0.1, 0.15) is 24.4 Å². The van der Waals surface area contributed by atoms with E-state index >= 15 is 0 Å². The van der Waals surface area contributed by atoms with Gasteiger partial charge in [-0.05, 0) is 11.2 Å². The molecule has 25 heavy (non-hydrogen) atoms. The van der Waals surface area contributed by atoms with Crippen LogP contribution in [0.1, 0.15) is 6.42 Å². The fourth-order valence-corrected chi connectivity index (χ4v) is 1.50. The maximum Gasteiger partial charge on any atom is 0.430 e. The second kappa shape index (κ2) is 8.66. The van der Waals surface area contributed by atoms with Crippen LogP contribution in [0.5, 0.6) is 0 Å². The molecule has 0 radical (unpaired) electrons. The molecule has 0 aliphatic carbocycles. The lowest BCUT2D eigenvalue weighted by atomic mass is 10.1. The van der Waals surface area contributed by atoms with E-state index in [9.17, 15) is 22.4 Å². The van der Waals surface area contributed by atoms with Crippen LogP contribution < -0.4 is 9.79 Å². The molecule has 11 heteroatoms. The molecule has 7 nitrogen and oxygen atoms in total. The van der Waals surface area contributed by atoms with Gasteiger partial charge in [0.05, 0.1) is 6.20 Å². The zero-order valence-electron chi connectivity index (χ0n) is 12.4. The highest BCUT2D eigenvalue weighted by molar-refractivity contribution is 5.70. The SMILES string of the molecule is O=C(O)CC[n+]1ccc(-c2ccncc2F)cn1.O=C([O-])C(F)(F)F. The first-order valence-electron chi connectivity index (χ1n) is 6.57.